The maximum absolute atomic E-state index is 10.8. The Balaban J connectivity index is 3.23. The van der Waals surface area contributed by atoms with E-state index in [1.165, 1.54) is 16.4 Å². The number of aromatic amines is 1. The fraction of sp³-hybridized carbons (Fsp3) is 0.500. The van der Waals surface area contributed by atoms with Gasteiger partial charge < -0.3 is 0 Å². The second-order valence-corrected chi connectivity index (χ2v) is 3.36. The summed E-state index contributed by atoms with van der Waals surface area (Å²) in [5, 5.41) is 2.89. The standard InChI is InChI=1S/C6H9N3O2S/c1-3-12-6-7-4(10)5(11)8-9(6)2/h3H2,1-2H3,(H,8,11). The first kappa shape index (κ1) is 9.05. The first-order valence-corrected chi connectivity index (χ1v) is 4.44. The third-order valence-electron chi connectivity index (χ3n) is 1.22. The van der Waals surface area contributed by atoms with E-state index in [0.29, 0.717) is 5.16 Å². The molecule has 0 unspecified atom stereocenters. The highest BCUT2D eigenvalue weighted by Crippen LogP contribution is 2.08. The summed E-state index contributed by atoms with van der Waals surface area (Å²) in [7, 11) is 1.64. The van der Waals surface area contributed by atoms with E-state index in [1.54, 1.807) is 7.05 Å². The Labute approximate surface area is 72.8 Å². The van der Waals surface area contributed by atoms with Crippen LogP contribution in [0.5, 0.6) is 0 Å². The van der Waals surface area contributed by atoms with Crippen molar-refractivity contribution in [2.24, 2.45) is 7.05 Å². The zero-order valence-corrected chi connectivity index (χ0v) is 7.64. The van der Waals surface area contributed by atoms with Gasteiger partial charge in [-0.15, -0.1) is 0 Å². The molecule has 66 valence electrons. The molecule has 12 heavy (non-hydrogen) atoms. The second-order valence-electron chi connectivity index (χ2n) is 2.13. The molecule has 1 aromatic rings. The van der Waals surface area contributed by atoms with Crippen LogP contribution in [-0.2, 0) is 7.05 Å². The number of H-pyrrole nitrogens is 1. The van der Waals surface area contributed by atoms with Gasteiger partial charge >= 0.3 is 11.1 Å². The molecule has 0 aromatic carbocycles. The lowest BCUT2D eigenvalue weighted by atomic mass is 10.8. The molecular formula is C6H9N3O2S. The lowest BCUT2D eigenvalue weighted by Gasteiger charge is -2.02. The van der Waals surface area contributed by atoms with Crippen LogP contribution in [0.3, 0.4) is 0 Å². The molecule has 0 atom stereocenters. The van der Waals surface area contributed by atoms with E-state index in [-0.39, 0.29) is 0 Å². The molecule has 1 N–H and O–H groups in total. The first-order valence-electron chi connectivity index (χ1n) is 3.45. The van der Waals surface area contributed by atoms with Crippen molar-refractivity contribution < 1.29 is 0 Å². The maximum Gasteiger partial charge on any atom is 0.339 e. The van der Waals surface area contributed by atoms with E-state index in [0.717, 1.165) is 5.75 Å². The first-order chi connectivity index (χ1) is 5.65. The number of nitrogens with one attached hydrogen (secondary N) is 1. The number of rotatable bonds is 2. The number of aryl methyl sites for hydroxylation is 1. The largest absolute Gasteiger partial charge is 0.339 e. The number of thioether (sulfide) groups is 1. The average Bonchev–Trinajstić information content (AvgIpc) is 2.01. The molecule has 0 fully saturated rings. The van der Waals surface area contributed by atoms with Crippen LogP contribution >= 0.6 is 11.8 Å². The normalized spacial score (nSPS) is 10.2. The highest BCUT2D eigenvalue weighted by atomic mass is 32.2. The van der Waals surface area contributed by atoms with Crippen molar-refractivity contribution in [1.82, 2.24) is 14.8 Å². The summed E-state index contributed by atoms with van der Waals surface area (Å²) < 4.78 is 1.44. The number of nitrogens with zero attached hydrogens (tertiary/aromatic N) is 2. The van der Waals surface area contributed by atoms with Crippen molar-refractivity contribution in [3.63, 3.8) is 0 Å². The molecule has 0 radical (unpaired) electrons. The Kier molecular flexibility index (Phi) is 2.69. The van der Waals surface area contributed by atoms with Gasteiger partial charge in [-0.25, -0.2) is 0 Å². The van der Waals surface area contributed by atoms with Crippen molar-refractivity contribution in [3.05, 3.63) is 20.7 Å². The minimum absolute atomic E-state index is 0.530. The van der Waals surface area contributed by atoms with Crippen LogP contribution in [-0.4, -0.2) is 20.5 Å². The molecule has 1 heterocycles. The minimum Gasteiger partial charge on any atom is -0.265 e. The molecule has 0 spiro atoms. The maximum atomic E-state index is 10.8. The minimum atomic E-state index is -0.732. The summed E-state index contributed by atoms with van der Waals surface area (Å²) >= 11 is 1.41. The van der Waals surface area contributed by atoms with Gasteiger partial charge in [-0.2, -0.15) is 4.98 Å². The smallest absolute Gasteiger partial charge is 0.265 e. The van der Waals surface area contributed by atoms with Gasteiger partial charge in [0.15, 0.2) is 5.16 Å². The van der Waals surface area contributed by atoms with E-state index >= 15 is 0 Å². The highest BCUT2D eigenvalue weighted by Gasteiger charge is 2.01. The van der Waals surface area contributed by atoms with Crippen LogP contribution in [0.1, 0.15) is 6.92 Å². The van der Waals surface area contributed by atoms with Crippen LogP contribution in [0, 0.1) is 0 Å². The molecule has 1 rings (SSSR count). The Morgan fingerprint density at radius 3 is 2.83 bits per heavy atom. The molecule has 0 saturated carbocycles. The zero-order valence-electron chi connectivity index (χ0n) is 6.83. The van der Waals surface area contributed by atoms with E-state index < -0.39 is 11.1 Å². The predicted molar refractivity (Wildman–Crippen MR) is 46.5 cm³/mol. The molecule has 0 bridgehead atoms. The van der Waals surface area contributed by atoms with Crippen molar-refractivity contribution in [2.45, 2.75) is 12.1 Å². The number of hydrogen-bond donors (Lipinski definition) is 1. The molecule has 1 aromatic heterocycles. The summed E-state index contributed by atoms with van der Waals surface area (Å²) in [6, 6.07) is 0. The van der Waals surface area contributed by atoms with Crippen molar-refractivity contribution >= 4 is 11.8 Å². The summed E-state index contributed by atoms with van der Waals surface area (Å²) in [5.74, 6) is 0.812. The molecule has 5 nitrogen and oxygen atoms in total. The van der Waals surface area contributed by atoms with E-state index in [2.05, 4.69) is 10.1 Å². The van der Waals surface area contributed by atoms with E-state index in [1.807, 2.05) is 6.92 Å². The number of hydrogen-bond acceptors (Lipinski definition) is 4. The summed E-state index contributed by atoms with van der Waals surface area (Å²) in [6.07, 6.45) is 0. The predicted octanol–water partition coefficient (Wildman–Crippen LogP) is -0.419. The van der Waals surface area contributed by atoms with Crippen LogP contribution in [0.25, 0.3) is 0 Å². The van der Waals surface area contributed by atoms with Gasteiger partial charge in [0.25, 0.3) is 0 Å². The van der Waals surface area contributed by atoms with Crippen LogP contribution in [0.2, 0.25) is 0 Å². The second kappa shape index (κ2) is 3.57. The molecule has 0 aliphatic rings. The van der Waals surface area contributed by atoms with Crippen molar-refractivity contribution in [3.8, 4) is 0 Å². The molecule has 0 aliphatic heterocycles. The topological polar surface area (TPSA) is 67.8 Å². The Bertz CT molecular complexity index is 381. The van der Waals surface area contributed by atoms with Gasteiger partial charge in [0.2, 0.25) is 0 Å². The Morgan fingerprint density at radius 2 is 2.25 bits per heavy atom. The third-order valence-corrected chi connectivity index (χ3v) is 2.13. The van der Waals surface area contributed by atoms with Gasteiger partial charge in [0, 0.05) is 7.05 Å². The van der Waals surface area contributed by atoms with E-state index in [4.69, 9.17) is 0 Å². The average molecular weight is 187 g/mol. The molecule has 0 amide bonds. The molecule has 0 saturated heterocycles. The Morgan fingerprint density at radius 1 is 1.58 bits per heavy atom. The lowest BCUT2D eigenvalue weighted by Crippen LogP contribution is -2.33. The molecular weight excluding hydrogens is 178 g/mol. The SMILES string of the molecule is CCSc1nc(=O)c(=O)[nH]n1C. The number of aromatic nitrogens is 3. The van der Waals surface area contributed by atoms with Gasteiger partial charge in [-0.3, -0.25) is 19.4 Å². The fourth-order valence-electron chi connectivity index (χ4n) is 0.719. The zero-order chi connectivity index (χ0) is 9.14. The lowest BCUT2D eigenvalue weighted by molar-refractivity contribution is 0.596. The van der Waals surface area contributed by atoms with Crippen molar-refractivity contribution in [2.75, 3.05) is 5.75 Å². The van der Waals surface area contributed by atoms with Crippen LogP contribution in [0.4, 0.5) is 0 Å². The molecule has 0 aliphatic carbocycles. The highest BCUT2D eigenvalue weighted by molar-refractivity contribution is 7.99. The monoisotopic (exact) mass is 187 g/mol. The summed E-state index contributed by atoms with van der Waals surface area (Å²) in [5.41, 5.74) is -1.41. The molecule has 6 heteroatoms. The van der Waals surface area contributed by atoms with Crippen molar-refractivity contribution in [1.29, 1.82) is 0 Å². The fourth-order valence-corrected chi connectivity index (χ4v) is 1.36. The summed E-state index contributed by atoms with van der Waals surface area (Å²) in [6.45, 7) is 1.95. The van der Waals surface area contributed by atoms with E-state index in [9.17, 15) is 9.59 Å². The van der Waals surface area contributed by atoms with Gasteiger partial charge in [-0.1, -0.05) is 18.7 Å². The van der Waals surface area contributed by atoms with Crippen LogP contribution in [0.15, 0.2) is 14.7 Å². The Hall–Kier alpha value is -1.04. The van der Waals surface area contributed by atoms with Gasteiger partial charge in [-0.05, 0) is 5.75 Å². The van der Waals surface area contributed by atoms with Gasteiger partial charge in [0.1, 0.15) is 0 Å². The third kappa shape index (κ3) is 1.76. The van der Waals surface area contributed by atoms with Gasteiger partial charge in [0.05, 0.1) is 0 Å². The summed E-state index contributed by atoms with van der Waals surface area (Å²) in [4.78, 5) is 25.1. The quantitative estimate of drug-likeness (QED) is 0.504. The van der Waals surface area contributed by atoms with Crippen LogP contribution < -0.4 is 11.1 Å².